The average Bonchev–Trinajstić information content (AvgIpc) is 3.08. The Morgan fingerprint density at radius 2 is 1.82 bits per heavy atom. The van der Waals surface area contributed by atoms with Crippen LogP contribution in [0, 0.1) is 5.82 Å². The highest BCUT2D eigenvalue weighted by molar-refractivity contribution is 6.01. The lowest BCUT2D eigenvalue weighted by Crippen LogP contribution is -2.52. The van der Waals surface area contributed by atoms with Gasteiger partial charge in [0.2, 0.25) is 11.9 Å². The molecular weight excluding hydrogens is 425 g/mol. The summed E-state index contributed by atoms with van der Waals surface area (Å²) in [5.74, 6) is 0.358. The van der Waals surface area contributed by atoms with E-state index >= 15 is 0 Å². The number of anilines is 1. The molecule has 1 amide bonds. The van der Waals surface area contributed by atoms with E-state index < -0.39 is 5.82 Å². The fraction of sp³-hybridized carbons (Fsp3) is 0.609. The van der Waals surface area contributed by atoms with E-state index in [1.54, 1.807) is 24.0 Å². The maximum atomic E-state index is 14.2. The molecule has 4 N–H and O–H groups in total. The summed E-state index contributed by atoms with van der Waals surface area (Å²) in [5.41, 5.74) is 6.77. The van der Waals surface area contributed by atoms with Gasteiger partial charge in [0.05, 0.1) is 13.8 Å². The molecule has 1 aromatic carbocycles. The van der Waals surface area contributed by atoms with Crippen molar-refractivity contribution in [2.24, 2.45) is 15.7 Å². The van der Waals surface area contributed by atoms with Crippen LogP contribution in [0.25, 0.3) is 0 Å². The monoisotopic (exact) mass is 461 g/mol. The first-order valence-electron chi connectivity index (χ1n) is 11.7. The molecule has 33 heavy (non-hydrogen) atoms. The Morgan fingerprint density at radius 1 is 1.15 bits per heavy atom. The smallest absolute Gasteiger partial charge is 0.227 e. The van der Waals surface area contributed by atoms with Crippen molar-refractivity contribution in [2.45, 2.75) is 51.5 Å². The Morgan fingerprint density at radius 3 is 2.42 bits per heavy atom. The van der Waals surface area contributed by atoms with Gasteiger partial charge in [0.25, 0.3) is 0 Å². The normalized spacial score (nSPS) is 18.8. The molecular formula is C23H36FN7O2. The number of carbonyl (C=O) groups is 1. The van der Waals surface area contributed by atoms with Gasteiger partial charge in [-0.3, -0.25) is 10.1 Å². The van der Waals surface area contributed by atoms with Gasteiger partial charge in [0, 0.05) is 50.9 Å². The minimum absolute atomic E-state index is 0.0557. The number of rotatable bonds is 5. The summed E-state index contributed by atoms with van der Waals surface area (Å²) < 4.78 is 19.2. The minimum atomic E-state index is -0.476. The van der Waals surface area contributed by atoms with Crippen LogP contribution in [0.2, 0.25) is 0 Å². The molecule has 1 saturated heterocycles. The first-order valence-corrected chi connectivity index (χ1v) is 11.7. The van der Waals surface area contributed by atoms with E-state index in [9.17, 15) is 9.18 Å². The maximum absolute atomic E-state index is 14.2. The Bertz CT molecular complexity index is 845. The predicted octanol–water partition coefficient (Wildman–Crippen LogP) is 2.35. The Hall–Kier alpha value is -2.88. The fourth-order valence-corrected chi connectivity index (χ4v) is 4.14. The van der Waals surface area contributed by atoms with Crippen molar-refractivity contribution in [1.29, 1.82) is 0 Å². The van der Waals surface area contributed by atoms with Gasteiger partial charge < -0.3 is 25.6 Å². The molecule has 10 heteroatoms. The van der Waals surface area contributed by atoms with Gasteiger partial charge in [-0.2, -0.15) is 4.99 Å². The van der Waals surface area contributed by atoms with Gasteiger partial charge in [0.1, 0.15) is 0 Å². The summed E-state index contributed by atoms with van der Waals surface area (Å²) in [6, 6.07) is 5.03. The van der Waals surface area contributed by atoms with Crippen LogP contribution >= 0.6 is 0 Å². The van der Waals surface area contributed by atoms with E-state index in [1.165, 1.54) is 38.9 Å². The summed E-state index contributed by atoms with van der Waals surface area (Å²) in [6.45, 7) is 4.34. The average molecular weight is 462 g/mol. The lowest BCUT2D eigenvalue weighted by atomic mass is 10.1. The number of amides is 1. The van der Waals surface area contributed by atoms with Crippen molar-refractivity contribution in [2.75, 3.05) is 45.3 Å². The third-order valence-corrected chi connectivity index (χ3v) is 6.14. The number of hydrogen-bond donors (Lipinski definition) is 3. The molecule has 182 valence electrons. The first kappa shape index (κ1) is 24.8. The van der Waals surface area contributed by atoms with Crippen molar-refractivity contribution >= 4 is 23.5 Å². The van der Waals surface area contributed by atoms with Crippen LogP contribution in [0.4, 0.5) is 10.1 Å². The Balaban J connectivity index is 1.70. The van der Waals surface area contributed by atoms with Crippen LogP contribution in [-0.4, -0.2) is 73.6 Å². The standard InChI is InChI=1S/C23H36FN7O2/c1-17(32)30-11-13-31(14-12-30)22(25)29-23(27-16-26-18-7-5-3-4-6-8-18)28-19-9-10-21(33-2)20(24)15-19/h9-10,15,18,26H,3-8,11-14,16H2,1-2H3,(H3,25,27,28,29). The van der Waals surface area contributed by atoms with E-state index in [4.69, 9.17) is 10.5 Å². The zero-order valence-electron chi connectivity index (χ0n) is 19.6. The van der Waals surface area contributed by atoms with E-state index in [0.717, 1.165) is 12.8 Å². The van der Waals surface area contributed by atoms with E-state index in [1.807, 2.05) is 4.90 Å². The number of nitrogens with one attached hydrogen (secondary N) is 2. The molecule has 0 spiro atoms. The molecule has 9 nitrogen and oxygen atoms in total. The number of carbonyl (C=O) groups excluding carboxylic acids is 1. The number of piperazine rings is 1. The van der Waals surface area contributed by atoms with Crippen molar-refractivity contribution < 1.29 is 13.9 Å². The summed E-state index contributed by atoms with van der Waals surface area (Å²) in [4.78, 5) is 24.4. The lowest BCUT2D eigenvalue weighted by Gasteiger charge is -2.34. The quantitative estimate of drug-likeness (QED) is 0.353. The Kier molecular flexibility index (Phi) is 9.29. The summed E-state index contributed by atoms with van der Waals surface area (Å²) in [5, 5.41) is 6.56. The van der Waals surface area contributed by atoms with Gasteiger partial charge in [-0.25, -0.2) is 9.38 Å². The van der Waals surface area contributed by atoms with Crippen LogP contribution in [0.3, 0.4) is 0 Å². The van der Waals surface area contributed by atoms with E-state index in [2.05, 4.69) is 20.6 Å². The second kappa shape index (κ2) is 12.4. The van der Waals surface area contributed by atoms with Crippen LogP contribution in [0.1, 0.15) is 45.4 Å². The van der Waals surface area contributed by atoms with Crippen LogP contribution in [0.15, 0.2) is 28.2 Å². The number of benzene rings is 1. The van der Waals surface area contributed by atoms with E-state index in [-0.39, 0.29) is 11.7 Å². The van der Waals surface area contributed by atoms with Crippen molar-refractivity contribution in [1.82, 2.24) is 15.1 Å². The number of methoxy groups -OCH3 is 1. The zero-order valence-corrected chi connectivity index (χ0v) is 19.6. The number of ether oxygens (including phenoxy) is 1. The highest BCUT2D eigenvalue weighted by Gasteiger charge is 2.20. The molecule has 1 heterocycles. The molecule has 2 fully saturated rings. The zero-order chi connectivity index (χ0) is 23.6. The molecule has 1 aromatic rings. The maximum Gasteiger partial charge on any atom is 0.227 e. The van der Waals surface area contributed by atoms with E-state index in [0.29, 0.717) is 56.5 Å². The first-order chi connectivity index (χ1) is 16.0. The highest BCUT2D eigenvalue weighted by Crippen LogP contribution is 2.21. The van der Waals surface area contributed by atoms with Crippen LogP contribution in [-0.2, 0) is 4.79 Å². The minimum Gasteiger partial charge on any atom is -0.494 e. The largest absolute Gasteiger partial charge is 0.494 e. The summed E-state index contributed by atoms with van der Waals surface area (Å²) in [7, 11) is 1.43. The molecule has 1 saturated carbocycles. The van der Waals surface area contributed by atoms with Gasteiger partial charge in [-0.1, -0.05) is 25.7 Å². The van der Waals surface area contributed by atoms with Gasteiger partial charge in [-0.15, -0.1) is 0 Å². The van der Waals surface area contributed by atoms with Crippen molar-refractivity contribution in [3.05, 3.63) is 24.0 Å². The fourth-order valence-electron chi connectivity index (χ4n) is 4.14. The lowest BCUT2D eigenvalue weighted by molar-refractivity contribution is -0.130. The summed E-state index contributed by atoms with van der Waals surface area (Å²) >= 11 is 0. The summed E-state index contributed by atoms with van der Waals surface area (Å²) in [6.07, 6.45) is 7.33. The molecule has 0 aromatic heterocycles. The highest BCUT2D eigenvalue weighted by atomic mass is 19.1. The molecule has 0 radical (unpaired) electrons. The predicted molar refractivity (Wildman–Crippen MR) is 129 cm³/mol. The molecule has 3 rings (SSSR count). The molecule has 0 bridgehead atoms. The molecule has 1 aliphatic carbocycles. The molecule has 0 atom stereocenters. The van der Waals surface area contributed by atoms with Crippen molar-refractivity contribution in [3.63, 3.8) is 0 Å². The molecule has 0 unspecified atom stereocenters. The number of halogens is 1. The molecule has 2 aliphatic rings. The van der Waals surface area contributed by atoms with Crippen LogP contribution < -0.4 is 21.1 Å². The van der Waals surface area contributed by atoms with Crippen molar-refractivity contribution in [3.8, 4) is 5.75 Å². The number of aliphatic imine (C=N–C) groups is 2. The Labute approximate surface area is 195 Å². The molecule has 1 aliphatic heterocycles. The van der Waals surface area contributed by atoms with Crippen LogP contribution in [0.5, 0.6) is 5.75 Å². The number of nitrogens with zero attached hydrogens (tertiary/aromatic N) is 4. The topological polar surface area (TPSA) is 108 Å². The van der Waals surface area contributed by atoms with Gasteiger partial charge in [0.15, 0.2) is 17.5 Å². The SMILES string of the molecule is COc1ccc(NC(=N/CNC2CCCCCC2)/N=C(\N)N2CCN(C(C)=O)CC2)cc1F. The second-order valence-electron chi connectivity index (χ2n) is 8.47. The van der Waals surface area contributed by atoms with Gasteiger partial charge >= 0.3 is 0 Å². The number of nitrogens with two attached hydrogens (primary N) is 1. The number of hydrogen-bond acceptors (Lipinski definition) is 4. The van der Waals surface area contributed by atoms with Gasteiger partial charge in [-0.05, 0) is 25.0 Å². The third kappa shape index (κ3) is 7.59. The second-order valence-corrected chi connectivity index (χ2v) is 8.47. The number of guanidine groups is 2. The third-order valence-electron chi connectivity index (χ3n) is 6.14.